The van der Waals surface area contributed by atoms with Gasteiger partial charge in [0.25, 0.3) is 0 Å². The van der Waals surface area contributed by atoms with E-state index in [9.17, 15) is 4.79 Å². The predicted molar refractivity (Wildman–Crippen MR) is 76.5 cm³/mol. The van der Waals surface area contributed by atoms with Crippen molar-refractivity contribution >= 4 is 11.6 Å². The topological polar surface area (TPSA) is 82.2 Å². The average molecular weight is 274 g/mol. The first-order valence-electron chi connectivity index (χ1n) is 6.35. The van der Waals surface area contributed by atoms with Crippen molar-refractivity contribution in [1.29, 1.82) is 0 Å². The Morgan fingerprint density at radius 2 is 2.35 bits per heavy atom. The van der Waals surface area contributed by atoms with Gasteiger partial charge in [0.05, 0.1) is 25.3 Å². The van der Waals surface area contributed by atoms with Gasteiger partial charge in [-0.2, -0.15) is 0 Å². The second kappa shape index (κ2) is 6.10. The zero-order valence-corrected chi connectivity index (χ0v) is 11.5. The van der Waals surface area contributed by atoms with Crippen molar-refractivity contribution in [2.45, 2.75) is 19.5 Å². The van der Waals surface area contributed by atoms with Crippen LogP contribution >= 0.6 is 0 Å². The third-order valence-electron chi connectivity index (χ3n) is 3.05. The van der Waals surface area contributed by atoms with Gasteiger partial charge in [-0.15, -0.1) is 0 Å². The van der Waals surface area contributed by atoms with Crippen LogP contribution in [0.4, 0.5) is 5.69 Å². The second-order valence-electron chi connectivity index (χ2n) is 4.32. The minimum absolute atomic E-state index is 0.456. The lowest BCUT2D eigenvalue weighted by Crippen LogP contribution is -2.29. The summed E-state index contributed by atoms with van der Waals surface area (Å²) in [4.78, 5) is 15.8. The number of aryl methyl sites for hydroxylation is 1. The molecule has 2 aromatic rings. The molecule has 0 aliphatic rings. The van der Waals surface area contributed by atoms with Gasteiger partial charge in [-0.25, -0.2) is 4.98 Å². The minimum Gasteiger partial charge on any atom is -0.497 e. The van der Waals surface area contributed by atoms with E-state index in [4.69, 9.17) is 10.5 Å². The molecule has 1 atom stereocenters. The summed E-state index contributed by atoms with van der Waals surface area (Å²) in [7, 11) is 1.59. The van der Waals surface area contributed by atoms with E-state index in [-0.39, 0.29) is 0 Å². The van der Waals surface area contributed by atoms with Gasteiger partial charge >= 0.3 is 0 Å². The zero-order valence-electron chi connectivity index (χ0n) is 11.5. The van der Waals surface area contributed by atoms with Crippen LogP contribution < -0.4 is 15.8 Å². The van der Waals surface area contributed by atoms with Crippen molar-refractivity contribution in [1.82, 2.24) is 9.55 Å². The molecule has 20 heavy (non-hydrogen) atoms. The standard InChI is InChI=1S/C14H18N4O2/c1-3-18-9-16-8-12(18)13(14(15)19)17-10-5-4-6-11(7-10)20-2/h4-9,13,17H,3H2,1-2H3,(H2,15,19). The summed E-state index contributed by atoms with van der Waals surface area (Å²) in [5, 5.41) is 3.11. The number of aromatic nitrogens is 2. The Bertz CT molecular complexity index is 594. The summed E-state index contributed by atoms with van der Waals surface area (Å²) < 4.78 is 7.04. The molecule has 1 aromatic carbocycles. The summed E-state index contributed by atoms with van der Waals surface area (Å²) >= 11 is 0. The summed E-state index contributed by atoms with van der Waals surface area (Å²) in [5.74, 6) is 0.255. The smallest absolute Gasteiger partial charge is 0.246 e. The van der Waals surface area contributed by atoms with Crippen LogP contribution in [0.5, 0.6) is 5.75 Å². The number of hydrogen-bond donors (Lipinski definition) is 2. The first-order chi connectivity index (χ1) is 9.65. The summed E-state index contributed by atoms with van der Waals surface area (Å²) in [6.45, 7) is 2.70. The maximum absolute atomic E-state index is 11.7. The van der Waals surface area contributed by atoms with Crippen LogP contribution in [0, 0.1) is 0 Å². The second-order valence-corrected chi connectivity index (χ2v) is 4.32. The zero-order chi connectivity index (χ0) is 14.5. The lowest BCUT2D eigenvalue weighted by Gasteiger charge is -2.18. The normalized spacial score (nSPS) is 11.9. The summed E-state index contributed by atoms with van der Waals surface area (Å²) in [5.41, 5.74) is 7.00. The van der Waals surface area contributed by atoms with Gasteiger partial charge in [0, 0.05) is 18.3 Å². The SMILES string of the molecule is CCn1cncc1C(Nc1cccc(OC)c1)C(N)=O. The molecule has 1 heterocycles. The number of nitrogens with zero attached hydrogens (tertiary/aromatic N) is 2. The van der Waals surface area contributed by atoms with E-state index in [2.05, 4.69) is 10.3 Å². The Hall–Kier alpha value is -2.50. The van der Waals surface area contributed by atoms with Crippen LogP contribution in [0.1, 0.15) is 18.7 Å². The van der Waals surface area contributed by atoms with E-state index < -0.39 is 11.9 Å². The Kier molecular flexibility index (Phi) is 4.24. The maximum Gasteiger partial charge on any atom is 0.246 e. The first kappa shape index (κ1) is 13.9. The summed E-state index contributed by atoms with van der Waals surface area (Å²) in [6, 6.07) is 6.70. The van der Waals surface area contributed by atoms with Gasteiger partial charge in [0.1, 0.15) is 11.8 Å². The number of rotatable bonds is 6. The Morgan fingerprint density at radius 1 is 1.55 bits per heavy atom. The molecule has 2 rings (SSSR count). The first-order valence-corrected chi connectivity index (χ1v) is 6.35. The van der Waals surface area contributed by atoms with Crippen molar-refractivity contribution in [2.24, 2.45) is 5.73 Å². The van der Waals surface area contributed by atoms with Crippen LogP contribution in [0.3, 0.4) is 0 Å². The number of nitrogens with one attached hydrogen (secondary N) is 1. The molecule has 3 N–H and O–H groups in total. The number of ether oxygens (including phenoxy) is 1. The molecule has 0 saturated carbocycles. The average Bonchev–Trinajstić information content (AvgIpc) is 2.92. The van der Waals surface area contributed by atoms with Gasteiger partial charge < -0.3 is 20.4 Å². The highest BCUT2D eigenvalue weighted by atomic mass is 16.5. The van der Waals surface area contributed by atoms with Gasteiger partial charge in [0.2, 0.25) is 5.91 Å². The van der Waals surface area contributed by atoms with Crippen molar-refractivity contribution in [3.8, 4) is 5.75 Å². The number of carbonyl (C=O) groups excluding carboxylic acids is 1. The van der Waals surface area contributed by atoms with Crippen molar-refractivity contribution in [3.63, 3.8) is 0 Å². The van der Waals surface area contributed by atoms with Crippen molar-refractivity contribution in [3.05, 3.63) is 42.5 Å². The highest BCUT2D eigenvalue weighted by molar-refractivity contribution is 5.84. The summed E-state index contributed by atoms with van der Waals surface area (Å²) in [6.07, 6.45) is 3.32. The highest BCUT2D eigenvalue weighted by Crippen LogP contribution is 2.22. The van der Waals surface area contributed by atoms with E-state index in [0.717, 1.165) is 17.9 Å². The molecule has 0 radical (unpaired) electrons. The van der Waals surface area contributed by atoms with Gasteiger partial charge in [-0.3, -0.25) is 4.79 Å². The molecule has 0 aliphatic heterocycles. The highest BCUT2D eigenvalue weighted by Gasteiger charge is 2.21. The fourth-order valence-electron chi connectivity index (χ4n) is 2.01. The van der Waals surface area contributed by atoms with Gasteiger partial charge in [-0.1, -0.05) is 6.07 Å². The predicted octanol–water partition coefficient (Wildman–Crippen LogP) is 1.55. The Labute approximate surface area is 117 Å². The molecule has 0 spiro atoms. The Morgan fingerprint density at radius 3 is 3.00 bits per heavy atom. The number of methoxy groups -OCH3 is 1. The fourth-order valence-corrected chi connectivity index (χ4v) is 2.01. The number of hydrogen-bond acceptors (Lipinski definition) is 4. The largest absolute Gasteiger partial charge is 0.497 e. The molecular formula is C14H18N4O2. The van der Waals surface area contributed by atoms with Crippen LogP contribution in [0.15, 0.2) is 36.8 Å². The van der Waals surface area contributed by atoms with E-state index in [0.29, 0.717) is 5.75 Å². The number of carbonyl (C=O) groups is 1. The number of nitrogens with two attached hydrogens (primary N) is 1. The number of amides is 1. The fraction of sp³-hybridized carbons (Fsp3) is 0.286. The van der Waals surface area contributed by atoms with E-state index in [1.165, 1.54) is 0 Å². The molecular weight excluding hydrogens is 256 g/mol. The molecule has 0 aliphatic carbocycles. The molecule has 1 unspecified atom stereocenters. The number of anilines is 1. The van der Waals surface area contributed by atoms with Crippen LogP contribution in [-0.2, 0) is 11.3 Å². The lowest BCUT2D eigenvalue weighted by atomic mass is 10.2. The minimum atomic E-state index is -0.635. The number of primary amides is 1. The van der Waals surface area contributed by atoms with Gasteiger partial charge in [0.15, 0.2) is 0 Å². The molecule has 1 aromatic heterocycles. The van der Waals surface area contributed by atoms with Gasteiger partial charge in [-0.05, 0) is 19.1 Å². The van der Waals surface area contributed by atoms with E-state index >= 15 is 0 Å². The lowest BCUT2D eigenvalue weighted by molar-refractivity contribution is -0.119. The Balaban J connectivity index is 2.28. The monoisotopic (exact) mass is 274 g/mol. The van der Waals surface area contributed by atoms with Crippen LogP contribution in [-0.4, -0.2) is 22.6 Å². The number of benzene rings is 1. The molecule has 6 nitrogen and oxygen atoms in total. The third kappa shape index (κ3) is 2.90. The molecule has 106 valence electrons. The van der Waals surface area contributed by atoms with E-state index in [1.807, 2.05) is 35.8 Å². The quantitative estimate of drug-likeness (QED) is 0.837. The molecule has 1 amide bonds. The molecule has 0 fully saturated rings. The van der Waals surface area contributed by atoms with Crippen LogP contribution in [0.25, 0.3) is 0 Å². The number of imidazole rings is 1. The molecule has 0 bridgehead atoms. The van der Waals surface area contributed by atoms with E-state index in [1.54, 1.807) is 19.6 Å². The third-order valence-corrected chi connectivity index (χ3v) is 3.05. The maximum atomic E-state index is 11.7. The molecule has 6 heteroatoms. The molecule has 0 saturated heterocycles. The van der Waals surface area contributed by atoms with Crippen LogP contribution in [0.2, 0.25) is 0 Å². The van der Waals surface area contributed by atoms with Crippen molar-refractivity contribution < 1.29 is 9.53 Å². The van der Waals surface area contributed by atoms with Crippen molar-refractivity contribution in [2.75, 3.05) is 12.4 Å².